The van der Waals surface area contributed by atoms with Crippen LogP contribution in [-0.4, -0.2) is 48.0 Å². The monoisotopic (exact) mass is 440 g/mol. The fourth-order valence-electron chi connectivity index (χ4n) is 4.29. The predicted molar refractivity (Wildman–Crippen MR) is 114 cm³/mol. The van der Waals surface area contributed by atoms with Gasteiger partial charge in [0.25, 0.3) is 5.91 Å². The van der Waals surface area contributed by atoms with E-state index in [0.717, 1.165) is 36.9 Å². The van der Waals surface area contributed by atoms with E-state index in [1.165, 1.54) is 0 Å². The summed E-state index contributed by atoms with van der Waals surface area (Å²) in [5.74, 6) is 0.697. The Labute approximate surface area is 181 Å². The molecule has 0 bridgehead atoms. The number of carbonyl (C=O) groups is 1. The van der Waals surface area contributed by atoms with Crippen LogP contribution in [0.1, 0.15) is 41.1 Å². The number of hydrogen-bond donors (Lipinski definition) is 0. The average Bonchev–Trinajstić information content (AvgIpc) is 3.55. The molecule has 1 amide bonds. The van der Waals surface area contributed by atoms with Gasteiger partial charge in [-0.2, -0.15) is 9.40 Å². The number of aryl methyl sites for hydroxylation is 1. The Morgan fingerprint density at radius 2 is 1.90 bits per heavy atom. The molecule has 2 aliphatic heterocycles. The highest BCUT2D eigenvalue weighted by Crippen LogP contribution is 2.32. The Kier molecular flexibility index (Phi) is 5.15. The van der Waals surface area contributed by atoms with Crippen LogP contribution in [0.2, 0.25) is 0 Å². The van der Waals surface area contributed by atoms with Crippen molar-refractivity contribution in [3.63, 3.8) is 0 Å². The Hall–Kier alpha value is -2.91. The van der Waals surface area contributed by atoms with Gasteiger partial charge in [-0.05, 0) is 67.6 Å². The number of amides is 1. The van der Waals surface area contributed by atoms with Crippen molar-refractivity contribution in [3.8, 4) is 0 Å². The minimum absolute atomic E-state index is 0.220. The number of furan rings is 1. The molecule has 162 valence electrons. The first-order valence-electron chi connectivity index (χ1n) is 10.5. The number of carbonyl (C=O) groups excluding carboxylic acids is 1. The molecule has 0 radical (unpaired) electrons. The zero-order valence-corrected chi connectivity index (χ0v) is 17.9. The van der Waals surface area contributed by atoms with Crippen LogP contribution in [-0.2, 0) is 23.0 Å². The van der Waals surface area contributed by atoms with Crippen LogP contribution in [0, 0.1) is 0 Å². The van der Waals surface area contributed by atoms with Crippen molar-refractivity contribution in [1.29, 1.82) is 0 Å². The largest absolute Gasteiger partial charge is 0.454 e. The van der Waals surface area contributed by atoms with E-state index in [9.17, 15) is 13.2 Å². The van der Waals surface area contributed by atoms with E-state index in [-0.39, 0.29) is 11.7 Å². The second-order valence-electron chi connectivity index (χ2n) is 7.93. The van der Waals surface area contributed by atoms with Crippen LogP contribution in [0.5, 0.6) is 0 Å². The van der Waals surface area contributed by atoms with Gasteiger partial charge in [0.1, 0.15) is 5.76 Å². The average molecular weight is 441 g/mol. The summed E-state index contributed by atoms with van der Waals surface area (Å²) in [6.07, 6.45) is 6.84. The third-order valence-corrected chi connectivity index (χ3v) is 7.76. The molecule has 1 saturated heterocycles. The van der Waals surface area contributed by atoms with E-state index >= 15 is 0 Å². The molecular formula is C22H24N4O4S. The van der Waals surface area contributed by atoms with Crippen molar-refractivity contribution in [2.24, 2.45) is 0 Å². The molecule has 3 aromatic rings. The molecule has 0 aliphatic carbocycles. The van der Waals surface area contributed by atoms with Crippen molar-refractivity contribution in [1.82, 2.24) is 14.1 Å². The number of hydrogen-bond acceptors (Lipinski definition) is 5. The van der Waals surface area contributed by atoms with Crippen LogP contribution in [0.3, 0.4) is 0 Å². The minimum atomic E-state index is -3.48. The molecule has 0 N–H and O–H groups in total. The Balaban J connectivity index is 1.39. The Morgan fingerprint density at radius 3 is 2.68 bits per heavy atom. The first-order valence-corrected chi connectivity index (χ1v) is 12.0. The van der Waals surface area contributed by atoms with E-state index < -0.39 is 10.0 Å². The topological polar surface area (TPSA) is 88.6 Å². The Bertz CT molecular complexity index is 1190. The standard InChI is InChI=1S/C22H24N4O4S/c27-22(21-9-6-18(30-21)16-24-11-4-10-23-24)26-14-3-5-17-15-19(7-8-20(17)26)31(28,29)25-12-1-2-13-25/h4,6-11,15H,1-3,5,12-14,16H2. The zero-order valence-electron chi connectivity index (χ0n) is 17.1. The summed E-state index contributed by atoms with van der Waals surface area (Å²) in [6.45, 7) is 2.17. The molecule has 0 spiro atoms. The SMILES string of the molecule is O=C(c1ccc(Cn2cccn2)o1)N1CCCc2cc(S(=O)(=O)N3CCCC3)ccc21. The molecule has 8 nitrogen and oxygen atoms in total. The summed E-state index contributed by atoms with van der Waals surface area (Å²) in [6, 6.07) is 10.4. The first kappa shape index (κ1) is 20.0. The van der Waals surface area contributed by atoms with Gasteiger partial charge in [-0.25, -0.2) is 8.42 Å². The second-order valence-corrected chi connectivity index (χ2v) is 9.87. The van der Waals surface area contributed by atoms with Gasteiger partial charge >= 0.3 is 0 Å². The number of benzene rings is 1. The highest BCUT2D eigenvalue weighted by atomic mass is 32.2. The molecule has 31 heavy (non-hydrogen) atoms. The van der Waals surface area contributed by atoms with Crippen molar-refractivity contribution < 1.29 is 17.6 Å². The zero-order chi connectivity index (χ0) is 21.4. The van der Waals surface area contributed by atoms with Crippen molar-refractivity contribution >= 4 is 21.6 Å². The Morgan fingerprint density at radius 1 is 1.06 bits per heavy atom. The minimum Gasteiger partial charge on any atom is -0.454 e. The third kappa shape index (κ3) is 3.79. The van der Waals surface area contributed by atoms with Crippen LogP contribution >= 0.6 is 0 Å². The maximum atomic E-state index is 13.2. The van der Waals surface area contributed by atoms with Crippen LogP contribution in [0.4, 0.5) is 5.69 Å². The summed E-state index contributed by atoms with van der Waals surface area (Å²) in [5.41, 5.74) is 1.63. The highest BCUT2D eigenvalue weighted by Gasteiger charge is 2.30. The van der Waals surface area contributed by atoms with Gasteiger partial charge in [0.15, 0.2) is 5.76 Å². The van der Waals surface area contributed by atoms with Gasteiger partial charge in [0, 0.05) is 37.7 Å². The quantitative estimate of drug-likeness (QED) is 0.609. The van der Waals surface area contributed by atoms with Gasteiger partial charge in [-0.1, -0.05) is 0 Å². The summed E-state index contributed by atoms with van der Waals surface area (Å²) < 4.78 is 34.9. The molecule has 0 unspecified atom stereocenters. The number of rotatable bonds is 5. The number of nitrogens with zero attached hydrogens (tertiary/aromatic N) is 4. The molecular weight excluding hydrogens is 416 g/mol. The van der Waals surface area contributed by atoms with Gasteiger partial charge in [0.05, 0.1) is 11.4 Å². The number of fused-ring (bicyclic) bond motifs is 1. The van der Waals surface area contributed by atoms with E-state index in [2.05, 4.69) is 5.10 Å². The molecule has 1 fully saturated rings. The van der Waals surface area contributed by atoms with Crippen LogP contribution in [0.15, 0.2) is 58.1 Å². The maximum Gasteiger partial charge on any atom is 0.293 e. The molecule has 0 atom stereocenters. The van der Waals surface area contributed by atoms with E-state index in [1.54, 1.807) is 50.4 Å². The van der Waals surface area contributed by atoms with E-state index in [4.69, 9.17) is 4.42 Å². The predicted octanol–water partition coefficient (Wildman–Crippen LogP) is 2.90. The molecule has 2 aromatic heterocycles. The maximum absolute atomic E-state index is 13.2. The molecule has 1 aromatic carbocycles. The highest BCUT2D eigenvalue weighted by molar-refractivity contribution is 7.89. The smallest absolute Gasteiger partial charge is 0.293 e. The van der Waals surface area contributed by atoms with Gasteiger partial charge in [0.2, 0.25) is 10.0 Å². The fourth-order valence-corrected chi connectivity index (χ4v) is 5.86. The molecule has 4 heterocycles. The summed E-state index contributed by atoms with van der Waals surface area (Å²) in [5, 5.41) is 4.15. The molecule has 2 aliphatic rings. The number of aromatic nitrogens is 2. The third-order valence-electron chi connectivity index (χ3n) is 5.87. The van der Waals surface area contributed by atoms with Crippen molar-refractivity contribution in [2.75, 3.05) is 24.5 Å². The normalized spacial score (nSPS) is 17.1. The molecule has 5 rings (SSSR count). The lowest BCUT2D eigenvalue weighted by Crippen LogP contribution is -2.35. The van der Waals surface area contributed by atoms with Gasteiger partial charge in [-0.15, -0.1) is 0 Å². The molecule has 9 heteroatoms. The summed E-state index contributed by atoms with van der Waals surface area (Å²) >= 11 is 0. The number of anilines is 1. The van der Waals surface area contributed by atoms with Gasteiger partial charge in [-0.3, -0.25) is 9.48 Å². The molecule has 0 saturated carbocycles. The summed E-state index contributed by atoms with van der Waals surface area (Å²) in [7, 11) is -3.48. The first-order chi connectivity index (χ1) is 15.0. The second kappa shape index (κ2) is 7.97. The van der Waals surface area contributed by atoms with Crippen molar-refractivity contribution in [2.45, 2.75) is 37.1 Å². The lowest BCUT2D eigenvalue weighted by atomic mass is 10.0. The summed E-state index contributed by atoms with van der Waals surface area (Å²) in [4.78, 5) is 15.1. The van der Waals surface area contributed by atoms with Gasteiger partial charge < -0.3 is 9.32 Å². The van der Waals surface area contributed by atoms with E-state index in [1.807, 2.05) is 12.3 Å². The lowest BCUT2D eigenvalue weighted by Gasteiger charge is -2.29. The van der Waals surface area contributed by atoms with Crippen LogP contribution < -0.4 is 4.90 Å². The van der Waals surface area contributed by atoms with E-state index in [0.29, 0.717) is 36.8 Å². The number of sulfonamides is 1. The van der Waals surface area contributed by atoms with Crippen molar-refractivity contribution in [3.05, 3.63) is 65.9 Å². The lowest BCUT2D eigenvalue weighted by molar-refractivity contribution is 0.0956. The fraction of sp³-hybridized carbons (Fsp3) is 0.364. The van der Waals surface area contributed by atoms with Crippen LogP contribution in [0.25, 0.3) is 0 Å².